The SMILES string of the molecule is C[C@@H](N)CS(=O)(=O)c1cccc(-c2ccc3c(n2)N(CNc2cc(-c4ccnn4C)nc(-c4ccnn4C)c2)[C@H]2CCN3C2)c1. The van der Waals surface area contributed by atoms with E-state index in [0.717, 1.165) is 70.7 Å². The summed E-state index contributed by atoms with van der Waals surface area (Å²) in [7, 11) is 0.307. The van der Waals surface area contributed by atoms with E-state index in [1.807, 2.05) is 59.9 Å². The number of aryl methyl sites for hydroxylation is 2. The molecule has 0 aliphatic carbocycles. The second kappa shape index (κ2) is 11.3. The van der Waals surface area contributed by atoms with Crippen molar-refractivity contribution in [1.82, 2.24) is 29.5 Å². The minimum atomic E-state index is -3.51. The first kappa shape index (κ1) is 29.0. The molecule has 5 aromatic rings. The molecule has 12 nitrogen and oxygen atoms in total. The summed E-state index contributed by atoms with van der Waals surface area (Å²) in [5, 5.41) is 12.4. The molecule has 6 heterocycles. The molecule has 2 bridgehead atoms. The van der Waals surface area contributed by atoms with Crippen LogP contribution >= 0.6 is 0 Å². The minimum absolute atomic E-state index is 0.107. The molecular formula is C32H36N10O2S. The Morgan fingerprint density at radius 1 is 0.933 bits per heavy atom. The van der Waals surface area contributed by atoms with E-state index in [0.29, 0.717) is 12.7 Å². The van der Waals surface area contributed by atoms with E-state index < -0.39 is 15.9 Å². The van der Waals surface area contributed by atoms with Gasteiger partial charge in [0.1, 0.15) is 0 Å². The highest BCUT2D eigenvalue weighted by atomic mass is 32.2. The predicted octanol–water partition coefficient (Wildman–Crippen LogP) is 3.53. The van der Waals surface area contributed by atoms with Crippen LogP contribution in [0, 0.1) is 0 Å². The van der Waals surface area contributed by atoms with E-state index in [2.05, 4.69) is 31.4 Å². The largest absolute Gasteiger partial charge is 0.368 e. The summed E-state index contributed by atoms with van der Waals surface area (Å²) in [4.78, 5) is 15.0. The molecule has 0 spiro atoms. The average molecular weight is 625 g/mol. The number of hydrogen-bond donors (Lipinski definition) is 2. The molecule has 0 saturated carbocycles. The maximum atomic E-state index is 12.9. The monoisotopic (exact) mass is 624 g/mol. The van der Waals surface area contributed by atoms with Gasteiger partial charge in [0.05, 0.1) is 57.5 Å². The van der Waals surface area contributed by atoms with Crippen LogP contribution < -0.4 is 20.9 Å². The zero-order valence-electron chi connectivity index (χ0n) is 25.5. The molecule has 2 aliphatic rings. The number of sulfone groups is 1. The summed E-state index contributed by atoms with van der Waals surface area (Å²) in [5.41, 5.74) is 12.7. The van der Waals surface area contributed by atoms with Crippen LogP contribution in [-0.4, -0.2) is 75.5 Å². The first-order valence-corrected chi connectivity index (χ1v) is 16.7. The zero-order chi connectivity index (χ0) is 31.3. The normalized spacial score (nSPS) is 16.6. The van der Waals surface area contributed by atoms with Crippen molar-refractivity contribution in [3.8, 4) is 34.0 Å². The molecule has 1 aromatic carbocycles. The van der Waals surface area contributed by atoms with Crippen LogP contribution in [-0.2, 0) is 23.9 Å². The Kier molecular flexibility index (Phi) is 7.29. The van der Waals surface area contributed by atoms with E-state index in [1.54, 1.807) is 37.5 Å². The maximum Gasteiger partial charge on any atom is 0.179 e. The fourth-order valence-corrected chi connectivity index (χ4v) is 7.74. The quantitative estimate of drug-likeness (QED) is 0.250. The van der Waals surface area contributed by atoms with Crippen LogP contribution in [0.5, 0.6) is 0 Å². The average Bonchev–Trinajstić information content (AvgIpc) is 3.76. The molecule has 4 aromatic heterocycles. The second-order valence-corrected chi connectivity index (χ2v) is 13.9. The molecule has 0 radical (unpaired) electrons. The highest BCUT2D eigenvalue weighted by molar-refractivity contribution is 7.91. The maximum absolute atomic E-state index is 12.9. The Hall–Kier alpha value is -4.75. The van der Waals surface area contributed by atoms with Crippen molar-refractivity contribution in [2.45, 2.75) is 30.3 Å². The summed E-state index contributed by atoms with van der Waals surface area (Å²) < 4.78 is 29.5. The number of hydrogen-bond acceptors (Lipinski definition) is 10. The summed E-state index contributed by atoms with van der Waals surface area (Å²) in [5.74, 6) is 0.773. The van der Waals surface area contributed by atoms with E-state index >= 15 is 0 Å². The van der Waals surface area contributed by atoms with Crippen LogP contribution in [0.4, 0.5) is 17.2 Å². The Morgan fingerprint density at radius 3 is 2.29 bits per heavy atom. The molecule has 7 rings (SSSR count). The van der Waals surface area contributed by atoms with Crippen LogP contribution in [0.3, 0.4) is 0 Å². The van der Waals surface area contributed by atoms with Crippen molar-refractivity contribution >= 4 is 27.0 Å². The van der Waals surface area contributed by atoms with Gasteiger partial charge in [-0.15, -0.1) is 0 Å². The molecule has 2 atom stereocenters. The highest BCUT2D eigenvalue weighted by Crippen LogP contribution is 2.40. The number of pyridine rings is 2. The van der Waals surface area contributed by atoms with Gasteiger partial charge in [-0.3, -0.25) is 9.36 Å². The van der Waals surface area contributed by atoms with E-state index in [1.165, 1.54) is 0 Å². The molecular weight excluding hydrogens is 588 g/mol. The fraction of sp³-hybridized carbons (Fsp3) is 0.312. The van der Waals surface area contributed by atoms with Crippen molar-refractivity contribution in [3.05, 3.63) is 73.1 Å². The van der Waals surface area contributed by atoms with Crippen molar-refractivity contribution in [2.75, 3.05) is 40.6 Å². The number of benzene rings is 1. The minimum Gasteiger partial charge on any atom is -0.368 e. The lowest BCUT2D eigenvalue weighted by Crippen LogP contribution is -2.45. The van der Waals surface area contributed by atoms with E-state index in [-0.39, 0.29) is 10.6 Å². The van der Waals surface area contributed by atoms with Gasteiger partial charge in [0.2, 0.25) is 0 Å². The summed E-state index contributed by atoms with van der Waals surface area (Å²) in [6.45, 7) is 4.12. The summed E-state index contributed by atoms with van der Waals surface area (Å²) in [6, 6.07) is 18.9. The molecule has 13 heteroatoms. The first-order valence-electron chi connectivity index (χ1n) is 15.0. The molecule has 0 unspecified atom stereocenters. The second-order valence-electron chi connectivity index (χ2n) is 11.8. The van der Waals surface area contributed by atoms with Gasteiger partial charge in [0.15, 0.2) is 15.7 Å². The lowest BCUT2D eigenvalue weighted by molar-refractivity contribution is 0.590. The third kappa shape index (κ3) is 5.53. The van der Waals surface area contributed by atoms with Crippen molar-refractivity contribution in [1.29, 1.82) is 0 Å². The van der Waals surface area contributed by atoms with Gasteiger partial charge in [-0.25, -0.2) is 18.4 Å². The Balaban J connectivity index is 1.22. The topological polar surface area (TPSA) is 140 Å². The van der Waals surface area contributed by atoms with Crippen molar-refractivity contribution in [2.24, 2.45) is 19.8 Å². The fourth-order valence-electron chi connectivity index (χ4n) is 6.26. The van der Waals surface area contributed by atoms with Crippen molar-refractivity contribution < 1.29 is 8.42 Å². The molecule has 1 saturated heterocycles. The summed E-state index contributed by atoms with van der Waals surface area (Å²) in [6.07, 6.45) is 4.56. The Bertz CT molecular complexity index is 1920. The molecule has 45 heavy (non-hydrogen) atoms. The van der Waals surface area contributed by atoms with Crippen LogP contribution in [0.2, 0.25) is 0 Å². The van der Waals surface area contributed by atoms with Crippen LogP contribution in [0.1, 0.15) is 13.3 Å². The first-order chi connectivity index (χ1) is 21.7. The Morgan fingerprint density at radius 2 is 1.64 bits per heavy atom. The molecule has 232 valence electrons. The smallest absolute Gasteiger partial charge is 0.179 e. The molecule has 2 aliphatic heterocycles. The number of nitrogens with one attached hydrogen (secondary N) is 1. The van der Waals surface area contributed by atoms with E-state index in [9.17, 15) is 8.42 Å². The molecule has 1 fully saturated rings. The number of nitrogens with two attached hydrogens (primary N) is 1. The number of nitrogens with zero attached hydrogens (tertiary/aromatic N) is 8. The van der Waals surface area contributed by atoms with Gasteiger partial charge in [-0.2, -0.15) is 10.2 Å². The predicted molar refractivity (Wildman–Crippen MR) is 176 cm³/mol. The van der Waals surface area contributed by atoms with Gasteiger partial charge in [0.25, 0.3) is 0 Å². The van der Waals surface area contributed by atoms with Gasteiger partial charge < -0.3 is 20.9 Å². The lowest BCUT2D eigenvalue weighted by Gasteiger charge is -2.37. The third-order valence-electron chi connectivity index (χ3n) is 8.49. The van der Waals surface area contributed by atoms with Gasteiger partial charge in [-0.1, -0.05) is 12.1 Å². The van der Waals surface area contributed by atoms with Gasteiger partial charge >= 0.3 is 0 Å². The third-order valence-corrected chi connectivity index (χ3v) is 10.4. The number of anilines is 3. The Labute approximate surface area is 262 Å². The lowest BCUT2D eigenvalue weighted by atomic mass is 10.1. The van der Waals surface area contributed by atoms with Gasteiger partial charge in [0, 0.05) is 56.9 Å². The van der Waals surface area contributed by atoms with Crippen LogP contribution in [0.25, 0.3) is 34.0 Å². The standard InChI is InChI=1S/C32H36N10O2S/c1-21(33)19-45(43,44)25-6-4-5-22(15-25)26-7-8-31-32(38-26)42(24-11-14-41(31)18-24)20-34-23-16-27(29-9-12-35-39(29)2)37-28(17-23)30-10-13-36-40(30)3/h4-10,12-13,15-17,21,24H,11,14,18-20,33H2,1-3H3,(H,34,37)/t21-,24+/m1/s1. The van der Waals surface area contributed by atoms with E-state index in [4.69, 9.17) is 15.7 Å². The summed E-state index contributed by atoms with van der Waals surface area (Å²) >= 11 is 0. The zero-order valence-corrected chi connectivity index (χ0v) is 26.3. The number of fused-ring (bicyclic) bond motifs is 4. The van der Waals surface area contributed by atoms with Crippen molar-refractivity contribution in [3.63, 3.8) is 0 Å². The van der Waals surface area contributed by atoms with Crippen LogP contribution in [0.15, 0.2) is 78.0 Å². The highest BCUT2D eigenvalue weighted by Gasteiger charge is 2.37. The molecule has 3 N–H and O–H groups in total. The number of rotatable bonds is 9. The number of aromatic nitrogens is 6. The molecule has 0 amide bonds. The van der Waals surface area contributed by atoms with Gasteiger partial charge in [-0.05, 0) is 61.9 Å².